The molecule has 1 N–H and O–H groups in total. The molecule has 0 saturated heterocycles. The molecule has 1 aromatic carbocycles. The van der Waals surface area contributed by atoms with Crippen LogP contribution in [-0.2, 0) is 4.79 Å². The van der Waals surface area contributed by atoms with Crippen molar-refractivity contribution in [2.45, 2.75) is 38.0 Å². The fourth-order valence-corrected chi connectivity index (χ4v) is 5.24. The molecule has 120 valence electrons. The molecule has 0 bridgehead atoms. The highest BCUT2D eigenvalue weighted by molar-refractivity contribution is 8.03. The number of Topliss-reactive ketones (excluding diaryl/α,β-unsaturated/α-hetero) is 1. The van der Waals surface area contributed by atoms with Crippen LogP contribution in [0.5, 0.6) is 0 Å². The van der Waals surface area contributed by atoms with Crippen LogP contribution in [0.25, 0.3) is 0 Å². The SMILES string of the molecule is O=C1CCCC2=C1C(c1ccc(Cl)c(Cl)c1)C1=C(CCCS1)N2. The predicted octanol–water partition coefficient (Wildman–Crippen LogP) is 5.43. The number of thioether (sulfide) groups is 1. The van der Waals surface area contributed by atoms with Gasteiger partial charge in [0.25, 0.3) is 0 Å². The second-order valence-corrected chi connectivity index (χ2v) is 8.15. The van der Waals surface area contributed by atoms with Gasteiger partial charge >= 0.3 is 0 Å². The van der Waals surface area contributed by atoms with Gasteiger partial charge in [-0.25, -0.2) is 0 Å². The van der Waals surface area contributed by atoms with Crippen LogP contribution in [0, 0.1) is 0 Å². The minimum atomic E-state index is 0.0223. The third-order valence-electron chi connectivity index (χ3n) is 4.71. The Kier molecular flexibility index (Phi) is 4.21. The van der Waals surface area contributed by atoms with E-state index in [0.29, 0.717) is 16.5 Å². The molecule has 3 aliphatic rings. The molecule has 0 fully saturated rings. The van der Waals surface area contributed by atoms with Gasteiger partial charge in [0.15, 0.2) is 5.78 Å². The van der Waals surface area contributed by atoms with E-state index in [2.05, 4.69) is 5.32 Å². The molecular weight excluding hydrogens is 349 g/mol. The first-order valence-corrected chi connectivity index (χ1v) is 9.73. The van der Waals surface area contributed by atoms with Gasteiger partial charge in [0, 0.05) is 34.2 Å². The van der Waals surface area contributed by atoms with Crippen molar-refractivity contribution in [2.75, 3.05) is 5.75 Å². The van der Waals surface area contributed by atoms with Crippen LogP contribution in [0.4, 0.5) is 0 Å². The number of benzene rings is 1. The molecule has 5 heteroatoms. The number of hydrogen-bond donors (Lipinski definition) is 1. The van der Waals surface area contributed by atoms with Crippen molar-refractivity contribution in [3.63, 3.8) is 0 Å². The van der Waals surface area contributed by atoms with E-state index in [4.69, 9.17) is 23.2 Å². The summed E-state index contributed by atoms with van der Waals surface area (Å²) >= 11 is 14.2. The summed E-state index contributed by atoms with van der Waals surface area (Å²) in [6, 6.07) is 5.77. The number of carbonyl (C=O) groups is 1. The zero-order chi connectivity index (χ0) is 16.0. The van der Waals surface area contributed by atoms with Gasteiger partial charge in [-0.3, -0.25) is 4.79 Å². The summed E-state index contributed by atoms with van der Waals surface area (Å²) < 4.78 is 0. The Hall–Kier alpha value is -0.900. The molecule has 0 radical (unpaired) electrons. The largest absolute Gasteiger partial charge is 0.361 e. The van der Waals surface area contributed by atoms with Gasteiger partial charge < -0.3 is 5.32 Å². The van der Waals surface area contributed by atoms with E-state index in [1.807, 2.05) is 30.0 Å². The van der Waals surface area contributed by atoms with Gasteiger partial charge in [0.1, 0.15) is 0 Å². The monoisotopic (exact) mass is 365 g/mol. The Morgan fingerprint density at radius 3 is 2.70 bits per heavy atom. The number of dihydropyridines is 1. The van der Waals surface area contributed by atoms with Gasteiger partial charge in [0.05, 0.1) is 10.0 Å². The van der Waals surface area contributed by atoms with Crippen molar-refractivity contribution in [2.24, 2.45) is 0 Å². The molecule has 2 aliphatic heterocycles. The Morgan fingerprint density at radius 1 is 1.04 bits per heavy atom. The van der Waals surface area contributed by atoms with E-state index in [-0.39, 0.29) is 11.7 Å². The molecule has 1 atom stereocenters. The Morgan fingerprint density at radius 2 is 1.87 bits per heavy atom. The summed E-state index contributed by atoms with van der Waals surface area (Å²) in [6.07, 6.45) is 4.78. The van der Waals surface area contributed by atoms with Crippen molar-refractivity contribution in [3.05, 3.63) is 55.7 Å². The quantitative estimate of drug-likeness (QED) is 0.719. The van der Waals surface area contributed by atoms with Crippen LogP contribution in [0.3, 0.4) is 0 Å². The molecule has 23 heavy (non-hydrogen) atoms. The summed E-state index contributed by atoms with van der Waals surface area (Å²) in [5.41, 5.74) is 4.44. The highest BCUT2D eigenvalue weighted by Gasteiger charge is 2.37. The third-order valence-corrected chi connectivity index (χ3v) is 6.74. The number of rotatable bonds is 1. The summed E-state index contributed by atoms with van der Waals surface area (Å²) in [7, 11) is 0. The second kappa shape index (κ2) is 6.19. The Bertz CT molecular complexity index is 753. The maximum Gasteiger partial charge on any atom is 0.161 e. The predicted molar refractivity (Wildman–Crippen MR) is 96.9 cm³/mol. The normalized spacial score (nSPS) is 24.3. The molecule has 1 unspecified atom stereocenters. The summed E-state index contributed by atoms with van der Waals surface area (Å²) in [6.45, 7) is 0. The second-order valence-electron chi connectivity index (χ2n) is 6.20. The molecular formula is C18H17Cl2NOS. The molecule has 0 saturated carbocycles. The first-order chi connectivity index (χ1) is 11.1. The Labute approximate surface area is 150 Å². The van der Waals surface area contributed by atoms with E-state index in [9.17, 15) is 4.79 Å². The molecule has 0 aromatic heterocycles. The fourth-order valence-electron chi connectivity index (χ4n) is 3.67. The summed E-state index contributed by atoms with van der Waals surface area (Å²) in [4.78, 5) is 13.9. The van der Waals surface area contributed by atoms with Crippen LogP contribution >= 0.6 is 35.0 Å². The molecule has 4 rings (SSSR count). The number of ketones is 1. The fraction of sp³-hybridized carbons (Fsp3) is 0.389. The van der Waals surface area contributed by atoms with E-state index in [0.717, 1.165) is 41.8 Å². The van der Waals surface area contributed by atoms with E-state index in [1.54, 1.807) is 0 Å². The minimum absolute atomic E-state index is 0.0223. The topological polar surface area (TPSA) is 29.1 Å². The van der Waals surface area contributed by atoms with Crippen molar-refractivity contribution in [1.82, 2.24) is 5.32 Å². The number of halogens is 2. The average molecular weight is 366 g/mol. The molecule has 1 aliphatic carbocycles. The number of carbonyl (C=O) groups excluding carboxylic acids is 1. The van der Waals surface area contributed by atoms with E-state index < -0.39 is 0 Å². The maximum absolute atomic E-state index is 12.6. The lowest BCUT2D eigenvalue weighted by atomic mass is 9.79. The van der Waals surface area contributed by atoms with Crippen molar-refractivity contribution < 1.29 is 4.79 Å². The van der Waals surface area contributed by atoms with Gasteiger partial charge in [-0.2, -0.15) is 0 Å². The highest BCUT2D eigenvalue weighted by Crippen LogP contribution is 2.49. The van der Waals surface area contributed by atoms with Crippen LogP contribution in [0.15, 0.2) is 40.1 Å². The van der Waals surface area contributed by atoms with Crippen LogP contribution in [0.2, 0.25) is 10.0 Å². The van der Waals surface area contributed by atoms with Gasteiger partial charge in [-0.15, -0.1) is 11.8 Å². The summed E-state index contributed by atoms with van der Waals surface area (Å²) in [5.74, 6) is 1.40. The van der Waals surface area contributed by atoms with Crippen LogP contribution < -0.4 is 5.32 Å². The lowest BCUT2D eigenvalue weighted by molar-refractivity contribution is -0.116. The first kappa shape index (κ1) is 15.6. The minimum Gasteiger partial charge on any atom is -0.361 e. The zero-order valence-corrected chi connectivity index (χ0v) is 15.0. The maximum atomic E-state index is 12.6. The van der Waals surface area contributed by atoms with Gasteiger partial charge in [0.2, 0.25) is 0 Å². The standard InChI is InChI=1S/C18H17Cl2NOS/c19-11-7-6-10(9-12(11)20)16-17-13(3-1-5-15(17)22)21-14-4-2-8-23-18(14)16/h6-7,9,16,21H,1-5,8H2. The number of hydrogen-bond acceptors (Lipinski definition) is 3. The smallest absolute Gasteiger partial charge is 0.161 e. The highest BCUT2D eigenvalue weighted by atomic mass is 35.5. The molecule has 2 heterocycles. The first-order valence-electron chi connectivity index (χ1n) is 7.99. The van der Waals surface area contributed by atoms with Crippen molar-refractivity contribution >= 4 is 40.7 Å². The third kappa shape index (κ3) is 2.73. The van der Waals surface area contributed by atoms with Crippen molar-refractivity contribution in [3.8, 4) is 0 Å². The molecule has 2 nitrogen and oxygen atoms in total. The van der Waals surface area contributed by atoms with Gasteiger partial charge in [-0.1, -0.05) is 29.3 Å². The molecule has 1 aromatic rings. The summed E-state index contributed by atoms with van der Waals surface area (Å²) in [5, 5.41) is 4.68. The van der Waals surface area contributed by atoms with Crippen LogP contribution in [-0.4, -0.2) is 11.5 Å². The number of nitrogens with one attached hydrogen (secondary N) is 1. The number of allylic oxidation sites excluding steroid dienone is 4. The Balaban J connectivity index is 1.87. The van der Waals surface area contributed by atoms with E-state index >= 15 is 0 Å². The zero-order valence-electron chi connectivity index (χ0n) is 12.6. The molecule has 0 amide bonds. The van der Waals surface area contributed by atoms with E-state index in [1.165, 1.54) is 17.0 Å². The lowest BCUT2D eigenvalue weighted by Gasteiger charge is -2.37. The van der Waals surface area contributed by atoms with Gasteiger partial charge in [-0.05, 0) is 49.1 Å². The molecule has 0 spiro atoms. The van der Waals surface area contributed by atoms with Crippen LogP contribution in [0.1, 0.15) is 43.6 Å². The average Bonchev–Trinajstić information content (AvgIpc) is 2.56. The lowest BCUT2D eigenvalue weighted by Crippen LogP contribution is -2.32. The van der Waals surface area contributed by atoms with Crippen molar-refractivity contribution in [1.29, 1.82) is 0 Å².